The highest BCUT2D eigenvalue weighted by Gasteiger charge is 2.19. The largest absolute Gasteiger partial charge is 0.314 e. The van der Waals surface area contributed by atoms with Gasteiger partial charge in [-0.1, -0.05) is 30.3 Å². The molecule has 0 bridgehead atoms. The van der Waals surface area contributed by atoms with Crippen molar-refractivity contribution in [3.8, 4) is 11.4 Å². The molecule has 1 aromatic carbocycles. The van der Waals surface area contributed by atoms with Gasteiger partial charge in [-0.05, 0) is 18.2 Å². The van der Waals surface area contributed by atoms with Crippen molar-refractivity contribution in [2.75, 3.05) is 13.1 Å². The molecule has 3 rings (SSSR count). The summed E-state index contributed by atoms with van der Waals surface area (Å²) < 4.78 is 0. The fourth-order valence-corrected chi connectivity index (χ4v) is 1.92. The van der Waals surface area contributed by atoms with Gasteiger partial charge >= 0.3 is 0 Å². The standard InChI is InChI=1S/C11H13N5/c1-2-4-9(5-3-1)11-13-15-16(14-11)10-6-7-12-8-10/h1-5,10,12H,6-8H2. The second kappa shape index (κ2) is 4.02. The molecule has 2 aromatic rings. The van der Waals surface area contributed by atoms with E-state index in [1.165, 1.54) is 0 Å². The Morgan fingerprint density at radius 1 is 1.25 bits per heavy atom. The van der Waals surface area contributed by atoms with Gasteiger partial charge < -0.3 is 5.32 Å². The average Bonchev–Trinajstić information content (AvgIpc) is 3.01. The molecule has 0 spiro atoms. The Balaban J connectivity index is 1.87. The molecule has 1 saturated heterocycles. The average molecular weight is 215 g/mol. The zero-order valence-electron chi connectivity index (χ0n) is 8.87. The lowest BCUT2D eigenvalue weighted by atomic mass is 10.2. The highest BCUT2D eigenvalue weighted by molar-refractivity contribution is 5.52. The molecule has 1 atom stereocenters. The lowest BCUT2D eigenvalue weighted by Crippen LogP contribution is -2.15. The summed E-state index contributed by atoms with van der Waals surface area (Å²) in [5.74, 6) is 0.701. The topological polar surface area (TPSA) is 55.6 Å². The molecule has 1 unspecified atom stereocenters. The molecule has 1 aliphatic heterocycles. The first-order valence-corrected chi connectivity index (χ1v) is 5.49. The van der Waals surface area contributed by atoms with Crippen molar-refractivity contribution in [3.05, 3.63) is 30.3 Å². The molecule has 0 radical (unpaired) electrons. The minimum Gasteiger partial charge on any atom is -0.314 e. The van der Waals surface area contributed by atoms with Crippen molar-refractivity contribution >= 4 is 0 Å². The van der Waals surface area contributed by atoms with Crippen LogP contribution in [-0.4, -0.2) is 33.3 Å². The molecule has 5 heteroatoms. The fourth-order valence-electron chi connectivity index (χ4n) is 1.92. The van der Waals surface area contributed by atoms with Crippen LogP contribution in [0.5, 0.6) is 0 Å². The third kappa shape index (κ3) is 1.69. The van der Waals surface area contributed by atoms with Crippen LogP contribution in [-0.2, 0) is 0 Å². The summed E-state index contributed by atoms with van der Waals surface area (Å²) in [5, 5.41) is 15.9. The summed E-state index contributed by atoms with van der Waals surface area (Å²) in [6.07, 6.45) is 1.07. The van der Waals surface area contributed by atoms with Crippen LogP contribution >= 0.6 is 0 Å². The minimum atomic E-state index is 0.352. The summed E-state index contributed by atoms with van der Waals surface area (Å²) >= 11 is 0. The number of nitrogens with one attached hydrogen (secondary N) is 1. The van der Waals surface area contributed by atoms with Crippen LogP contribution < -0.4 is 5.32 Å². The van der Waals surface area contributed by atoms with Gasteiger partial charge in [0, 0.05) is 12.1 Å². The van der Waals surface area contributed by atoms with Crippen molar-refractivity contribution in [3.63, 3.8) is 0 Å². The highest BCUT2D eigenvalue weighted by atomic mass is 15.6. The molecule has 1 fully saturated rings. The van der Waals surface area contributed by atoms with Crippen LogP contribution in [0.2, 0.25) is 0 Å². The van der Waals surface area contributed by atoms with Gasteiger partial charge in [0.15, 0.2) is 0 Å². The first kappa shape index (κ1) is 9.47. The van der Waals surface area contributed by atoms with E-state index in [-0.39, 0.29) is 0 Å². The van der Waals surface area contributed by atoms with Crippen LogP contribution in [0.4, 0.5) is 0 Å². The second-order valence-electron chi connectivity index (χ2n) is 3.95. The molecule has 2 heterocycles. The zero-order valence-corrected chi connectivity index (χ0v) is 8.87. The Morgan fingerprint density at radius 2 is 2.12 bits per heavy atom. The van der Waals surface area contributed by atoms with Crippen LogP contribution in [0.25, 0.3) is 11.4 Å². The van der Waals surface area contributed by atoms with Crippen LogP contribution in [0, 0.1) is 0 Å². The van der Waals surface area contributed by atoms with Crippen molar-refractivity contribution < 1.29 is 0 Å². The maximum Gasteiger partial charge on any atom is 0.204 e. The van der Waals surface area contributed by atoms with Crippen LogP contribution in [0.1, 0.15) is 12.5 Å². The first-order valence-electron chi connectivity index (χ1n) is 5.49. The molecule has 5 nitrogen and oxygen atoms in total. The van der Waals surface area contributed by atoms with Gasteiger partial charge in [-0.25, -0.2) is 0 Å². The van der Waals surface area contributed by atoms with Crippen molar-refractivity contribution in [2.45, 2.75) is 12.5 Å². The molecule has 1 N–H and O–H groups in total. The Morgan fingerprint density at radius 3 is 2.88 bits per heavy atom. The number of benzene rings is 1. The SMILES string of the molecule is c1ccc(-c2nnn(C3CCNC3)n2)cc1. The summed E-state index contributed by atoms with van der Waals surface area (Å²) in [6.45, 7) is 1.97. The molecular weight excluding hydrogens is 202 g/mol. The minimum absolute atomic E-state index is 0.352. The summed E-state index contributed by atoms with van der Waals surface area (Å²) in [6, 6.07) is 10.3. The van der Waals surface area contributed by atoms with Gasteiger partial charge in [-0.15, -0.1) is 10.2 Å². The van der Waals surface area contributed by atoms with E-state index in [4.69, 9.17) is 0 Å². The summed E-state index contributed by atoms with van der Waals surface area (Å²) in [4.78, 5) is 1.72. The molecule has 1 aliphatic rings. The third-order valence-corrected chi connectivity index (χ3v) is 2.82. The van der Waals surface area contributed by atoms with E-state index >= 15 is 0 Å². The van der Waals surface area contributed by atoms with Crippen LogP contribution in [0.15, 0.2) is 30.3 Å². The Hall–Kier alpha value is -1.75. The highest BCUT2D eigenvalue weighted by Crippen LogP contribution is 2.16. The smallest absolute Gasteiger partial charge is 0.204 e. The summed E-state index contributed by atoms with van der Waals surface area (Å²) in [7, 11) is 0. The number of aromatic nitrogens is 4. The van der Waals surface area contributed by atoms with Gasteiger partial charge in [0.05, 0.1) is 6.04 Å². The van der Waals surface area contributed by atoms with E-state index in [0.29, 0.717) is 11.9 Å². The lowest BCUT2D eigenvalue weighted by molar-refractivity contribution is 0.424. The zero-order chi connectivity index (χ0) is 10.8. The maximum absolute atomic E-state index is 4.42. The van der Waals surface area contributed by atoms with E-state index in [1.54, 1.807) is 4.80 Å². The van der Waals surface area contributed by atoms with E-state index in [0.717, 1.165) is 25.1 Å². The van der Waals surface area contributed by atoms with Gasteiger partial charge in [0.2, 0.25) is 5.82 Å². The number of nitrogens with zero attached hydrogens (tertiary/aromatic N) is 4. The quantitative estimate of drug-likeness (QED) is 0.807. The van der Waals surface area contributed by atoms with Crippen molar-refractivity contribution in [1.29, 1.82) is 0 Å². The molecule has 0 aliphatic carbocycles. The summed E-state index contributed by atoms with van der Waals surface area (Å²) in [5.41, 5.74) is 1.01. The fraction of sp³-hybridized carbons (Fsp3) is 0.364. The normalized spacial score (nSPS) is 20.1. The third-order valence-electron chi connectivity index (χ3n) is 2.82. The number of tetrazole rings is 1. The monoisotopic (exact) mass is 215 g/mol. The Bertz CT molecular complexity index is 458. The Labute approximate surface area is 93.5 Å². The molecule has 16 heavy (non-hydrogen) atoms. The van der Waals surface area contributed by atoms with Gasteiger partial charge in [0.1, 0.15) is 0 Å². The predicted molar refractivity (Wildman–Crippen MR) is 59.8 cm³/mol. The van der Waals surface area contributed by atoms with E-state index in [1.807, 2.05) is 30.3 Å². The predicted octanol–water partition coefficient (Wildman–Crippen LogP) is 0.874. The van der Waals surface area contributed by atoms with Crippen molar-refractivity contribution in [2.24, 2.45) is 0 Å². The second-order valence-corrected chi connectivity index (χ2v) is 3.95. The molecule has 1 aromatic heterocycles. The number of rotatable bonds is 2. The van der Waals surface area contributed by atoms with Gasteiger partial charge in [-0.2, -0.15) is 4.80 Å². The lowest BCUT2D eigenvalue weighted by Gasteiger charge is -2.03. The Kier molecular flexibility index (Phi) is 2.38. The number of hydrogen-bond donors (Lipinski definition) is 1. The van der Waals surface area contributed by atoms with E-state index in [9.17, 15) is 0 Å². The number of hydrogen-bond acceptors (Lipinski definition) is 4. The molecular formula is C11H13N5. The maximum atomic E-state index is 4.42. The molecule has 0 amide bonds. The van der Waals surface area contributed by atoms with E-state index < -0.39 is 0 Å². The van der Waals surface area contributed by atoms with Gasteiger partial charge in [-0.3, -0.25) is 0 Å². The van der Waals surface area contributed by atoms with E-state index in [2.05, 4.69) is 20.7 Å². The first-order chi connectivity index (χ1) is 7.93. The molecule has 0 saturated carbocycles. The van der Waals surface area contributed by atoms with Gasteiger partial charge in [0.25, 0.3) is 0 Å². The van der Waals surface area contributed by atoms with Crippen LogP contribution in [0.3, 0.4) is 0 Å². The molecule has 82 valence electrons. The van der Waals surface area contributed by atoms with Crippen molar-refractivity contribution in [1.82, 2.24) is 25.5 Å².